The summed E-state index contributed by atoms with van der Waals surface area (Å²) >= 11 is 11.7. The second kappa shape index (κ2) is 7.77. The number of nitrogens with zero attached hydrogens (tertiary/aromatic N) is 2. The Morgan fingerprint density at radius 3 is 2.67 bits per heavy atom. The molecule has 0 aliphatic heterocycles. The first-order valence-corrected chi connectivity index (χ1v) is 8.60. The second-order valence-corrected chi connectivity index (χ2v) is 6.71. The van der Waals surface area contributed by atoms with Crippen molar-refractivity contribution in [2.45, 2.75) is 19.0 Å². The lowest BCUT2D eigenvalue weighted by atomic mass is 10.3. The molecule has 1 aliphatic carbocycles. The molecule has 27 heavy (non-hydrogen) atoms. The van der Waals surface area contributed by atoms with E-state index in [-0.39, 0.29) is 16.7 Å². The highest BCUT2D eigenvalue weighted by molar-refractivity contribution is 6.36. The van der Waals surface area contributed by atoms with E-state index in [0.29, 0.717) is 17.5 Å². The maximum Gasteiger partial charge on any atom is 0.437 e. The maximum atomic E-state index is 13.3. The van der Waals surface area contributed by atoms with Crippen LogP contribution in [0.4, 0.5) is 29.6 Å². The highest BCUT2D eigenvalue weighted by atomic mass is 35.5. The number of alkyl halides is 3. The van der Waals surface area contributed by atoms with Crippen molar-refractivity contribution in [1.29, 1.82) is 0 Å². The SMILES string of the molecule is O=C(NCC1CC1)Oc1cnc(Nc2ccc(Cl)cc2Cl)nc1C(F)(F)F. The predicted molar refractivity (Wildman–Crippen MR) is 93.5 cm³/mol. The Bertz CT molecular complexity index is 860. The molecule has 2 aromatic rings. The number of carbonyl (C=O) groups excluding carboxylic acids is 1. The molecule has 0 bridgehead atoms. The summed E-state index contributed by atoms with van der Waals surface area (Å²) in [6, 6.07) is 4.39. The van der Waals surface area contributed by atoms with E-state index in [1.165, 1.54) is 18.2 Å². The van der Waals surface area contributed by atoms with Crippen LogP contribution in [0.25, 0.3) is 0 Å². The van der Waals surface area contributed by atoms with Crippen LogP contribution in [0.15, 0.2) is 24.4 Å². The van der Waals surface area contributed by atoms with Gasteiger partial charge in [0.1, 0.15) is 0 Å². The van der Waals surface area contributed by atoms with Gasteiger partial charge in [-0.1, -0.05) is 23.2 Å². The van der Waals surface area contributed by atoms with Crippen molar-refractivity contribution in [2.75, 3.05) is 11.9 Å². The number of rotatable bonds is 5. The third-order valence-corrected chi connectivity index (χ3v) is 4.18. The van der Waals surface area contributed by atoms with Gasteiger partial charge >= 0.3 is 12.3 Å². The van der Waals surface area contributed by atoms with E-state index in [1.54, 1.807) is 0 Å². The lowest BCUT2D eigenvalue weighted by Gasteiger charge is -2.14. The number of ether oxygens (including phenoxy) is 1. The maximum absolute atomic E-state index is 13.3. The number of benzene rings is 1. The Labute approximate surface area is 162 Å². The number of aromatic nitrogens is 2. The first kappa shape index (κ1) is 19.5. The predicted octanol–water partition coefficient (Wildman–Crippen LogP) is 5.04. The Morgan fingerprint density at radius 2 is 2.04 bits per heavy atom. The third kappa shape index (κ3) is 5.36. The van der Waals surface area contributed by atoms with Gasteiger partial charge in [0.05, 0.1) is 16.9 Å². The van der Waals surface area contributed by atoms with Crippen LogP contribution in [0.3, 0.4) is 0 Å². The molecule has 3 rings (SSSR count). The molecule has 0 unspecified atom stereocenters. The lowest BCUT2D eigenvalue weighted by Crippen LogP contribution is -2.29. The van der Waals surface area contributed by atoms with E-state index in [0.717, 1.165) is 19.0 Å². The van der Waals surface area contributed by atoms with Gasteiger partial charge in [0.2, 0.25) is 5.95 Å². The summed E-state index contributed by atoms with van der Waals surface area (Å²) in [7, 11) is 0. The number of carbonyl (C=O) groups is 1. The van der Waals surface area contributed by atoms with Crippen LogP contribution in [0, 0.1) is 5.92 Å². The zero-order chi connectivity index (χ0) is 19.6. The Balaban J connectivity index is 1.79. The van der Waals surface area contributed by atoms with Crippen molar-refractivity contribution in [3.05, 3.63) is 40.1 Å². The second-order valence-electron chi connectivity index (χ2n) is 5.87. The van der Waals surface area contributed by atoms with Gasteiger partial charge in [0.25, 0.3) is 0 Å². The molecule has 1 aromatic carbocycles. The molecule has 0 atom stereocenters. The zero-order valence-corrected chi connectivity index (χ0v) is 15.1. The van der Waals surface area contributed by atoms with Crippen LogP contribution in [0.2, 0.25) is 10.0 Å². The van der Waals surface area contributed by atoms with Crippen LogP contribution in [-0.2, 0) is 6.18 Å². The summed E-state index contributed by atoms with van der Waals surface area (Å²) in [5, 5.41) is 5.53. The number of halogens is 5. The van der Waals surface area contributed by atoms with E-state index >= 15 is 0 Å². The number of anilines is 2. The molecular formula is C16H13Cl2F3N4O2. The van der Waals surface area contributed by atoms with E-state index < -0.39 is 23.7 Å². The largest absolute Gasteiger partial charge is 0.437 e. The molecule has 1 saturated carbocycles. The number of hydrogen-bond donors (Lipinski definition) is 2. The topological polar surface area (TPSA) is 76.1 Å². The van der Waals surface area contributed by atoms with E-state index in [1.807, 2.05) is 0 Å². The molecule has 0 spiro atoms. The standard InChI is InChI=1S/C16H13Cl2F3N4O2/c17-9-3-4-11(10(18)5-9)24-14-22-7-12(13(25-14)16(19,20)21)27-15(26)23-6-8-1-2-8/h3-5,7-8H,1-2,6H2,(H,23,26)(H,22,24,25). The van der Waals surface area contributed by atoms with Crippen molar-refractivity contribution in [2.24, 2.45) is 5.92 Å². The minimum atomic E-state index is -4.85. The van der Waals surface area contributed by atoms with Gasteiger partial charge in [0.15, 0.2) is 11.4 Å². The van der Waals surface area contributed by atoms with Crippen LogP contribution < -0.4 is 15.4 Å². The van der Waals surface area contributed by atoms with Crippen LogP contribution in [-0.4, -0.2) is 22.6 Å². The summed E-state index contributed by atoms with van der Waals surface area (Å²) in [4.78, 5) is 18.8. The quantitative estimate of drug-likeness (QED) is 0.707. The average Bonchev–Trinajstić information content (AvgIpc) is 3.40. The molecule has 0 radical (unpaired) electrons. The summed E-state index contributed by atoms with van der Waals surface area (Å²) in [5.74, 6) is -0.799. The van der Waals surface area contributed by atoms with Crippen LogP contribution in [0.5, 0.6) is 5.75 Å². The molecule has 1 amide bonds. The fraction of sp³-hybridized carbons (Fsp3) is 0.312. The number of amides is 1. The minimum absolute atomic E-state index is 0.180. The molecule has 1 aliphatic rings. The van der Waals surface area contributed by atoms with Crippen molar-refractivity contribution in [1.82, 2.24) is 15.3 Å². The molecule has 1 aromatic heterocycles. The smallest absolute Gasteiger partial charge is 0.406 e. The number of hydrogen-bond acceptors (Lipinski definition) is 5. The molecule has 144 valence electrons. The van der Waals surface area contributed by atoms with Gasteiger partial charge in [0, 0.05) is 11.6 Å². The Hall–Kier alpha value is -2.26. The highest BCUT2D eigenvalue weighted by Gasteiger charge is 2.38. The third-order valence-electron chi connectivity index (χ3n) is 3.64. The first-order chi connectivity index (χ1) is 12.7. The summed E-state index contributed by atoms with van der Waals surface area (Å²) in [6.45, 7) is 0.357. The molecule has 2 N–H and O–H groups in total. The van der Waals surface area contributed by atoms with Gasteiger partial charge in [-0.2, -0.15) is 13.2 Å². The normalized spacial score (nSPS) is 14.0. The molecule has 6 nitrogen and oxygen atoms in total. The fourth-order valence-electron chi connectivity index (χ4n) is 2.11. The van der Waals surface area contributed by atoms with Crippen molar-refractivity contribution in [3.63, 3.8) is 0 Å². The van der Waals surface area contributed by atoms with Crippen molar-refractivity contribution < 1.29 is 22.7 Å². The molecule has 1 fully saturated rings. The van der Waals surface area contributed by atoms with Crippen molar-refractivity contribution in [3.8, 4) is 5.75 Å². The Morgan fingerprint density at radius 1 is 1.30 bits per heavy atom. The lowest BCUT2D eigenvalue weighted by molar-refractivity contribution is -0.142. The van der Waals surface area contributed by atoms with Gasteiger partial charge in [-0.15, -0.1) is 0 Å². The molecule has 0 saturated heterocycles. The molecule has 11 heteroatoms. The highest BCUT2D eigenvalue weighted by Crippen LogP contribution is 2.36. The van der Waals surface area contributed by atoms with E-state index in [4.69, 9.17) is 27.9 Å². The number of nitrogens with one attached hydrogen (secondary N) is 2. The van der Waals surface area contributed by atoms with Crippen LogP contribution >= 0.6 is 23.2 Å². The van der Waals surface area contributed by atoms with E-state index in [9.17, 15) is 18.0 Å². The summed E-state index contributed by atoms with van der Waals surface area (Å²) < 4.78 is 44.6. The summed E-state index contributed by atoms with van der Waals surface area (Å²) in [6.07, 6.45) is -3.11. The average molecular weight is 421 g/mol. The minimum Gasteiger partial charge on any atom is -0.406 e. The first-order valence-electron chi connectivity index (χ1n) is 7.84. The van der Waals surface area contributed by atoms with Gasteiger partial charge < -0.3 is 15.4 Å². The summed E-state index contributed by atoms with van der Waals surface area (Å²) in [5.41, 5.74) is -1.11. The zero-order valence-electron chi connectivity index (χ0n) is 13.6. The van der Waals surface area contributed by atoms with Crippen molar-refractivity contribution >= 4 is 40.9 Å². The van der Waals surface area contributed by atoms with Gasteiger partial charge in [-0.05, 0) is 37.0 Å². The van der Waals surface area contributed by atoms with Crippen LogP contribution in [0.1, 0.15) is 18.5 Å². The fourth-order valence-corrected chi connectivity index (χ4v) is 2.56. The Kier molecular flexibility index (Phi) is 5.61. The molecule has 1 heterocycles. The monoisotopic (exact) mass is 420 g/mol. The molecular weight excluding hydrogens is 408 g/mol. The van der Waals surface area contributed by atoms with E-state index in [2.05, 4.69) is 20.6 Å². The van der Waals surface area contributed by atoms with Gasteiger partial charge in [-0.3, -0.25) is 0 Å². The van der Waals surface area contributed by atoms with Gasteiger partial charge in [-0.25, -0.2) is 14.8 Å².